The van der Waals surface area contributed by atoms with E-state index >= 15 is 0 Å². The third-order valence-electron chi connectivity index (χ3n) is 8.27. The minimum Gasteiger partial charge on any atom is -0.508 e. The second kappa shape index (κ2) is 6.97. The van der Waals surface area contributed by atoms with Gasteiger partial charge in [0.1, 0.15) is 17.3 Å². The zero-order valence-corrected chi connectivity index (χ0v) is 17.0. The average Bonchev–Trinajstić information content (AvgIpc) is 2.97. The molecule has 3 aliphatic rings. The normalized spacial score (nSPS) is 33.1. The highest BCUT2D eigenvalue weighted by molar-refractivity contribution is 5.87. The Bertz CT molecular complexity index is 934. The Morgan fingerprint density at radius 3 is 2.72 bits per heavy atom. The van der Waals surface area contributed by atoms with Gasteiger partial charge in [-0.05, 0) is 103 Å². The van der Waals surface area contributed by atoms with E-state index in [9.17, 15) is 14.3 Å². The summed E-state index contributed by atoms with van der Waals surface area (Å²) in [6.45, 7) is 2.22. The first-order chi connectivity index (χ1) is 14.0. The van der Waals surface area contributed by atoms with Crippen molar-refractivity contribution in [1.82, 2.24) is 0 Å². The second-order valence-electron chi connectivity index (χ2n) is 9.73. The fraction of sp³-hybridized carbons (Fsp3) is 0.500. The number of aromatic hydroxyl groups is 1. The van der Waals surface area contributed by atoms with E-state index in [4.69, 9.17) is 0 Å². The van der Waals surface area contributed by atoms with Crippen LogP contribution in [0.5, 0.6) is 5.75 Å². The molecule has 0 saturated heterocycles. The topological polar surface area (TPSA) is 37.3 Å². The van der Waals surface area contributed by atoms with Crippen LogP contribution in [-0.4, -0.2) is 10.9 Å². The molecule has 2 aromatic rings. The molecule has 0 bridgehead atoms. The molecule has 2 aromatic carbocycles. The average molecular weight is 393 g/mol. The van der Waals surface area contributed by atoms with Gasteiger partial charge in [0.25, 0.3) is 0 Å². The lowest BCUT2D eigenvalue weighted by molar-refractivity contribution is -0.129. The molecule has 0 unspecified atom stereocenters. The van der Waals surface area contributed by atoms with Crippen LogP contribution in [0.15, 0.2) is 42.5 Å². The van der Waals surface area contributed by atoms with E-state index < -0.39 is 0 Å². The minimum atomic E-state index is -0.195. The van der Waals surface area contributed by atoms with Crippen LogP contribution < -0.4 is 0 Å². The number of phenols is 1. The molecule has 2 fully saturated rings. The molecule has 0 aromatic heterocycles. The fourth-order valence-electron chi connectivity index (χ4n) is 6.90. The molecule has 5 atom stereocenters. The number of fused-ring (bicyclic) bond motifs is 5. The quantitative estimate of drug-likeness (QED) is 0.715. The summed E-state index contributed by atoms with van der Waals surface area (Å²) in [5.41, 5.74) is 3.67. The Morgan fingerprint density at radius 1 is 1.14 bits per heavy atom. The van der Waals surface area contributed by atoms with Crippen LogP contribution in [0.3, 0.4) is 0 Å². The van der Waals surface area contributed by atoms with Crippen molar-refractivity contribution < 1.29 is 14.3 Å². The van der Waals surface area contributed by atoms with Crippen molar-refractivity contribution in [1.29, 1.82) is 0 Å². The van der Waals surface area contributed by atoms with E-state index in [1.165, 1.54) is 23.3 Å². The number of phenolic OH excluding ortho intramolecular Hbond substituents is 1. The zero-order valence-electron chi connectivity index (χ0n) is 17.0. The summed E-state index contributed by atoms with van der Waals surface area (Å²) in [6.07, 6.45) is 6.78. The molecule has 3 heteroatoms. The Balaban J connectivity index is 1.41. The van der Waals surface area contributed by atoms with Crippen molar-refractivity contribution in [3.8, 4) is 5.75 Å². The predicted molar refractivity (Wildman–Crippen MR) is 111 cm³/mol. The highest BCUT2D eigenvalue weighted by atomic mass is 19.1. The number of hydrogen-bond acceptors (Lipinski definition) is 2. The van der Waals surface area contributed by atoms with Gasteiger partial charge >= 0.3 is 0 Å². The monoisotopic (exact) mass is 392 g/mol. The molecule has 0 heterocycles. The number of carbonyl (C=O) groups is 1. The molecule has 5 rings (SSSR count). The predicted octanol–water partition coefficient (Wildman–Crippen LogP) is 5.82. The van der Waals surface area contributed by atoms with E-state index in [0.29, 0.717) is 41.6 Å². The van der Waals surface area contributed by atoms with Gasteiger partial charge in [0.2, 0.25) is 0 Å². The first-order valence-corrected chi connectivity index (χ1v) is 11.1. The Labute approximate surface area is 172 Å². The largest absolute Gasteiger partial charge is 0.508 e. The molecule has 0 spiro atoms. The highest BCUT2D eigenvalue weighted by Crippen LogP contribution is 2.62. The Kier molecular flexibility index (Phi) is 4.53. The third kappa shape index (κ3) is 3.10. The standard InChI is InChI=1S/C26H29FO2/c1-26-13-12-22-21-11-9-20(28)14-17(21)6-10-23(22)25(26)18(15-24(26)29)5-2-16-3-7-19(27)8-4-16/h3-4,7-9,11,14,18,22-23,25,28H,2,5-6,10,12-13,15H2,1H3/t18-,22-,23-,25+,26-/m1/s1. The number of hydrogen-bond donors (Lipinski definition) is 1. The molecule has 3 aliphatic carbocycles. The number of rotatable bonds is 3. The summed E-state index contributed by atoms with van der Waals surface area (Å²) in [6, 6.07) is 12.7. The highest BCUT2D eigenvalue weighted by Gasteiger charge is 2.58. The lowest BCUT2D eigenvalue weighted by Crippen LogP contribution is -2.44. The van der Waals surface area contributed by atoms with Crippen LogP contribution in [-0.2, 0) is 17.6 Å². The van der Waals surface area contributed by atoms with Gasteiger partial charge in [0, 0.05) is 11.8 Å². The molecule has 152 valence electrons. The van der Waals surface area contributed by atoms with Crippen molar-refractivity contribution in [3.63, 3.8) is 0 Å². The number of carbonyl (C=O) groups excluding carboxylic acids is 1. The second-order valence-corrected chi connectivity index (χ2v) is 9.73. The van der Waals surface area contributed by atoms with Gasteiger partial charge in [-0.2, -0.15) is 0 Å². The Morgan fingerprint density at radius 2 is 1.93 bits per heavy atom. The molecule has 0 radical (unpaired) electrons. The lowest BCUT2D eigenvalue weighted by atomic mass is 9.54. The van der Waals surface area contributed by atoms with Gasteiger partial charge in [-0.15, -0.1) is 0 Å². The molecule has 2 nitrogen and oxygen atoms in total. The van der Waals surface area contributed by atoms with Crippen LogP contribution in [0.4, 0.5) is 4.39 Å². The number of ketones is 1. The number of aryl methyl sites for hydroxylation is 2. The molecule has 0 amide bonds. The maximum atomic E-state index is 13.2. The fourth-order valence-corrected chi connectivity index (χ4v) is 6.90. The van der Waals surface area contributed by atoms with E-state index in [0.717, 1.165) is 44.1 Å². The van der Waals surface area contributed by atoms with Crippen LogP contribution in [0.1, 0.15) is 61.6 Å². The van der Waals surface area contributed by atoms with Gasteiger partial charge in [-0.1, -0.05) is 25.1 Å². The summed E-state index contributed by atoms with van der Waals surface area (Å²) >= 11 is 0. The molecule has 1 N–H and O–H groups in total. The van der Waals surface area contributed by atoms with Crippen molar-refractivity contribution in [3.05, 3.63) is 65.0 Å². The third-order valence-corrected chi connectivity index (χ3v) is 8.27. The molecular weight excluding hydrogens is 363 g/mol. The van der Waals surface area contributed by atoms with Gasteiger partial charge in [-0.3, -0.25) is 4.79 Å². The molecule has 29 heavy (non-hydrogen) atoms. The SMILES string of the molecule is C[C@]12CC[C@@H]3c4ccc(O)cc4CC[C@H]3[C@@H]1[C@H](CCc1ccc(F)cc1)CC2=O. The van der Waals surface area contributed by atoms with Crippen molar-refractivity contribution >= 4 is 5.78 Å². The van der Waals surface area contributed by atoms with E-state index in [2.05, 4.69) is 13.0 Å². The van der Waals surface area contributed by atoms with Gasteiger partial charge in [-0.25, -0.2) is 4.39 Å². The maximum absolute atomic E-state index is 13.2. The Hall–Kier alpha value is -2.16. The first kappa shape index (κ1) is 18.8. The summed E-state index contributed by atoms with van der Waals surface area (Å²) in [5.74, 6) is 2.55. The van der Waals surface area contributed by atoms with Crippen molar-refractivity contribution in [2.45, 2.75) is 57.8 Å². The van der Waals surface area contributed by atoms with Gasteiger partial charge in [0.05, 0.1) is 0 Å². The first-order valence-electron chi connectivity index (χ1n) is 11.1. The number of benzene rings is 2. The van der Waals surface area contributed by atoms with Gasteiger partial charge < -0.3 is 5.11 Å². The minimum absolute atomic E-state index is 0.178. The van der Waals surface area contributed by atoms with Crippen LogP contribution in [0.25, 0.3) is 0 Å². The smallest absolute Gasteiger partial charge is 0.139 e. The number of Topliss-reactive ketones (excluding diaryl/α,β-unsaturated/α-hetero) is 1. The molecule has 2 saturated carbocycles. The van der Waals surface area contributed by atoms with Crippen LogP contribution in [0, 0.1) is 29.0 Å². The summed E-state index contributed by atoms with van der Waals surface area (Å²) in [5, 5.41) is 9.88. The maximum Gasteiger partial charge on any atom is 0.139 e. The summed E-state index contributed by atoms with van der Waals surface area (Å²) in [4.78, 5) is 13.1. The van der Waals surface area contributed by atoms with E-state index in [-0.39, 0.29) is 11.2 Å². The molecular formula is C26H29FO2. The van der Waals surface area contributed by atoms with Crippen LogP contribution in [0.2, 0.25) is 0 Å². The summed E-state index contributed by atoms with van der Waals surface area (Å²) in [7, 11) is 0. The molecule has 0 aliphatic heterocycles. The lowest BCUT2D eigenvalue weighted by Gasteiger charge is -2.50. The summed E-state index contributed by atoms with van der Waals surface area (Å²) < 4.78 is 13.2. The van der Waals surface area contributed by atoms with Gasteiger partial charge in [0.15, 0.2) is 0 Å². The van der Waals surface area contributed by atoms with Crippen LogP contribution >= 0.6 is 0 Å². The number of halogens is 1. The zero-order chi connectivity index (χ0) is 20.2. The van der Waals surface area contributed by atoms with E-state index in [1.54, 1.807) is 0 Å². The van der Waals surface area contributed by atoms with Crippen molar-refractivity contribution in [2.24, 2.45) is 23.2 Å². The van der Waals surface area contributed by atoms with Crippen molar-refractivity contribution in [2.75, 3.05) is 0 Å². The van der Waals surface area contributed by atoms with E-state index in [1.807, 2.05) is 24.3 Å².